The van der Waals surface area contributed by atoms with Gasteiger partial charge in [0.05, 0.1) is 4.90 Å². The second-order valence-electron chi connectivity index (χ2n) is 6.79. The van der Waals surface area contributed by atoms with Crippen molar-refractivity contribution in [3.63, 3.8) is 0 Å². The second-order valence-corrected chi connectivity index (χ2v) is 8.80. The van der Waals surface area contributed by atoms with E-state index in [1.807, 2.05) is 6.07 Å². The van der Waals surface area contributed by atoms with Gasteiger partial charge < -0.3 is 10.4 Å². The number of halogens is 1. The molecule has 2 N–H and O–H groups in total. The normalized spacial score (nSPS) is 11.0. The van der Waals surface area contributed by atoms with E-state index in [2.05, 4.69) is 27.1 Å². The summed E-state index contributed by atoms with van der Waals surface area (Å²) in [6, 6.07) is 13.8. The van der Waals surface area contributed by atoms with Crippen LogP contribution >= 0.6 is 0 Å². The molecule has 0 radical (unpaired) electrons. The van der Waals surface area contributed by atoms with Crippen LogP contribution in [0.25, 0.3) is 10.8 Å². The Balaban J connectivity index is 1.66. The van der Waals surface area contributed by atoms with Crippen LogP contribution in [0.5, 0.6) is 5.75 Å². The van der Waals surface area contributed by atoms with Crippen molar-refractivity contribution in [1.29, 1.82) is 0 Å². The van der Waals surface area contributed by atoms with Crippen LogP contribution < -0.4 is 5.32 Å². The van der Waals surface area contributed by atoms with E-state index in [4.69, 9.17) is 0 Å². The summed E-state index contributed by atoms with van der Waals surface area (Å²) in [6.45, 7) is 0. The van der Waals surface area contributed by atoms with E-state index in [9.17, 15) is 17.9 Å². The topological polar surface area (TPSA) is 92.2 Å². The van der Waals surface area contributed by atoms with Crippen LogP contribution in [0.4, 0.5) is 15.9 Å². The van der Waals surface area contributed by atoms with Crippen LogP contribution in [0.15, 0.2) is 71.9 Å². The van der Waals surface area contributed by atoms with E-state index in [1.165, 1.54) is 24.3 Å². The fraction of sp³-hybridized carbons (Fsp3) is 0.0435. The molecule has 0 saturated carbocycles. The van der Waals surface area contributed by atoms with Crippen molar-refractivity contribution in [2.45, 2.75) is 4.90 Å². The molecule has 2 aromatic heterocycles. The number of pyridine rings is 2. The second kappa shape index (κ2) is 8.05. The van der Waals surface area contributed by atoms with Gasteiger partial charge in [-0.15, -0.1) is 0 Å². The molecule has 8 heteroatoms. The van der Waals surface area contributed by atoms with Gasteiger partial charge in [0.2, 0.25) is 0 Å². The average Bonchev–Trinajstić information content (AvgIpc) is 2.74. The van der Waals surface area contributed by atoms with E-state index >= 15 is 0 Å². The molecule has 0 amide bonds. The number of hydrogen-bond donors (Lipinski definition) is 2. The van der Waals surface area contributed by atoms with E-state index in [1.54, 1.807) is 30.6 Å². The number of phenols is 1. The third-order valence-corrected chi connectivity index (χ3v) is 5.60. The zero-order valence-electron chi connectivity index (χ0n) is 16.3. The molecule has 154 valence electrons. The third-order valence-electron chi connectivity index (χ3n) is 4.47. The van der Waals surface area contributed by atoms with Gasteiger partial charge in [-0.1, -0.05) is 5.92 Å². The molecule has 0 bridgehead atoms. The van der Waals surface area contributed by atoms with Gasteiger partial charge in [0.1, 0.15) is 11.5 Å². The molecule has 0 unspecified atom stereocenters. The Morgan fingerprint density at radius 1 is 1.00 bits per heavy atom. The van der Waals surface area contributed by atoms with Gasteiger partial charge in [0.15, 0.2) is 21.4 Å². The van der Waals surface area contributed by atoms with Gasteiger partial charge in [0.25, 0.3) is 0 Å². The minimum atomic E-state index is -3.26. The fourth-order valence-electron chi connectivity index (χ4n) is 2.89. The lowest BCUT2D eigenvalue weighted by Gasteiger charge is -2.08. The van der Waals surface area contributed by atoms with E-state index < -0.39 is 21.4 Å². The van der Waals surface area contributed by atoms with Crippen LogP contribution in [0.2, 0.25) is 0 Å². The van der Waals surface area contributed by atoms with Crippen molar-refractivity contribution in [3.05, 3.63) is 84.1 Å². The smallest absolute Gasteiger partial charge is 0.175 e. The zero-order valence-corrected chi connectivity index (χ0v) is 17.1. The number of aromatic hydroxyl groups is 1. The van der Waals surface area contributed by atoms with Gasteiger partial charge in [-0.25, -0.2) is 22.8 Å². The maximum Gasteiger partial charge on any atom is 0.175 e. The lowest BCUT2D eigenvalue weighted by Crippen LogP contribution is -1.98. The SMILES string of the molecule is CS(=O)(=O)c1ccc(Nc2cc3c(C#Cc4ccc(F)c(O)c4)nccc3cn2)cc1. The summed E-state index contributed by atoms with van der Waals surface area (Å²) in [5.74, 6) is 5.19. The largest absolute Gasteiger partial charge is 0.505 e. The molecule has 0 aliphatic rings. The van der Waals surface area contributed by atoms with Crippen molar-refractivity contribution < 1.29 is 17.9 Å². The van der Waals surface area contributed by atoms with Crippen molar-refractivity contribution >= 4 is 32.1 Å². The molecular formula is C23H16FN3O3S. The summed E-state index contributed by atoms with van der Waals surface area (Å²) in [5, 5.41) is 14.2. The van der Waals surface area contributed by atoms with Crippen LogP contribution in [-0.4, -0.2) is 29.7 Å². The fourth-order valence-corrected chi connectivity index (χ4v) is 3.52. The first kappa shape index (κ1) is 20.3. The quantitative estimate of drug-likeness (QED) is 0.474. The molecule has 4 aromatic rings. The number of rotatable bonds is 3. The number of anilines is 2. The predicted octanol–water partition coefficient (Wildman–Crippen LogP) is 4.02. The van der Waals surface area contributed by atoms with Crippen molar-refractivity contribution in [1.82, 2.24) is 9.97 Å². The molecule has 0 spiro atoms. The summed E-state index contributed by atoms with van der Waals surface area (Å²) < 4.78 is 36.4. The number of aromatic nitrogens is 2. The highest BCUT2D eigenvalue weighted by atomic mass is 32.2. The predicted molar refractivity (Wildman–Crippen MR) is 116 cm³/mol. The Labute approximate surface area is 178 Å². The molecular weight excluding hydrogens is 417 g/mol. The van der Waals surface area contributed by atoms with E-state index in [0.717, 1.165) is 23.1 Å². The molecule has 0 aliphatic carbocycles. The Morgan fingerprint density at radius 2 is 1.77 bits per heavy atom. The highest BCUT2D eigenvalue weighted by Gasteiger charge is 2.08. The highest BCUT2D eigenvalue weighted by molar-refractivity contribution is 7.90. The van der Waals surface area contributed by atoms with Crippen LogP contribution in [0.3, 0.4) is 0 Å². The molecule has 0 atom stereocenters. The first-order valence-electron chi connectivity index (χ1n) is 9.12. The molecule has 31 heavy (non-hydrogen) atoms. The van der Waals surface area contributed by atoms with Crippen molar-refractivity contribution in [2.24, 2.45) is 0 Å². The van der Waals surface area contributed by atoms with Crippen molar-refractivity contribution in [2.75, 3.05) is 11.6 Å². The average molecular weight is 433 g/mol. The number of phenolic OH excluding ortho intramolecular Hbond substituents is 1. The number of fused-ring (bicyclic) bond motifs is 1. The minimum Gasteiger partial charge on any atom is -0.505 e. The number of hydrogen-bond acceptors (Lipinski definition) is 6. The molecule has 0 aliphatic heterocycles. The number of sulfone groups is 1. The Morgan fingerprint density at radius 3 is 2.48 bits per heavy atom. The maximum atomic E-state index is 13.2. The molecule has 0 fully saturated rings. The van der Waals surface area contributed by atoms with E-state index in [0.29, 0.717) is 22.8 Å². The van der Waals surface area contributed by atoms with Crippen LogP contribution in [0, 0.1) is 17.7 Å². The van der Waals surface area contributed by atoms with E-state index in [-0.39, 0.29) is 4.90 Å². The van der Waals surface area contributed by atoms with Crippen molar-refractivity contribution in [3.8, 4) is 17.6 Å². The van der Waals surface area contributed by atoms with Gasteiger partial charge in [-0.2, -0.15) is 0 Å². The summed E-state index contributed by atoms with van der Waals surface area (Å²) in [4.78, 5) is 8.92. The number of nitrogens with zero attached hydrogens (tertiary/aromatic N) is 2. The first-order valence-corrected chi connectivity index (χ1v) is 11.0. The monoisotopic (exact) mass is 433 g/mol. The van der Waals surface area contributed by atoms with Gasteiger partial charge in [-0.3, -0.25) is 0 Å². The Kier molecular flexibility index (Phi) is 5.28. The summed E-state index contributed by atoms with van der Waals surface area (Å²) in [6.07, 6.45) is 4.45. The summed E-state index contributed by atoms with van der Waals surface area (Å²) in [5.41, 5.74) is 1.63. The van der Waals surface area contributed by atoms with Gasteiger partial charge in [0, 0.05) is 40.7 Å². The minimum absolute atomic E-state index is 0.234. The lowest BCUT2D eigenvalue weighted by molar-refractivity contribution is 0.432. The maximum absolute atomic E-state index is 13.2. The lowest BCUT2D eigenvalue weighted by atomic mass is 10.1. The third kappa shape index (κ3) is 4.63. The summed E-state index contributed by atoms with van der Waals surface area (Å²) >= 11 is 0. The molecule has 6 nitrogen and oxygen atoms in total. The summed E-state index contributed by atoms with van der Waals surface area (Å²) in [7, 11) is -3.26. The van der Waals surface area contributed by atoms with Gasteiger partial charge in [-0.05, 0) is 60.5 Å². The molecule has 0 saturated heterocycles. The highest BCUT2D eigenvalue weighted by Crippen LogP contribution is 2.23. The van der Waals surface area contributed by atoms with Gasteiger partial charge >= 0.3 is 0 Å². The molecule has 2 aromatic carbocycles. The Bertz CT molecular complexity index is 1460. The zero-order chi connectivity index (χ0) is 22.0. The number of benzene rings is 2. The number of nitrogens with one attached hydrogen (secondary N) is 1. The molecule has 4 rings (SSSR count). The van der Waals surface area contributed by atoms with Crippen LogP contribution in [-0.2, 0) is 9.84 Å². The first-order chi connectivity index (χ1) is 14.8. The Hall–Kier alpha value is -3.96. The standard InChI is InChI=1S/C23H16FN3O3S/c1-31(29,30)18-6-4-17(5-7-18)27-23-13-19-16(14-26-23)10-11-25-21(19)9-3-15-2-8-20(24)22(28)12-15/h2,4-8,10-14,28H,1H3,(H,26,27). The molecule has 2 heterocycles. The van der Waals surface area contributed by atoms with Crippen LogP contribution in [0.1, 0.15) is 11.3 Å².